The van der Waals surface area contributed by atoms with Gasteiger partial charge in [-0.05, 0) is 20.3 Å². The normalized spacial score (nSPS) is 9.88. The van der Waals surface area contributed by atoms with Gasteiger partial charge in [-0.1, -0.05) is 12.7 Å². The van der Waals surface area contributed by atoms with Crippen molar-refractivity contribution in [1.29, 1.82) is 0 Å². The Hall–Kier alpha value is -1.62. The van der Waals surface area contributed by atoms with Crippen LogP contribution in [0.3, 0.4) is 0 Å². The van der Waals surface area contributed by atoms with Crippen LogP contribution in [0.1, 0.15) is 20.3 Å². The number of carboxylic acids is 1. The van der Waals surface area contributed by atoms with E-state index in [-0.39, 0.29) is 18.1 Å². The molecule has 0 aliphatic carbocycles. The molecular formula is C11H18O5. The third-order valence-electron chi connectivity index (χ3n) is 1.45. The van der Waals surface area contributed by atoms with E-state index in [1.165, 1.54) is 20.1 Å². The molecule has 92 valence electrons. The number of carbonyl (C=O) groups excluding carboxylic acids is 1. The maximum absolute atomic E-state index is 10.2. The van der Waals surface area contributed by atoms with Crippen molar-refractivity contribution in [3.63, 3.8) is 0 Å². The van der Waals surface area contributed by atoms with Gasteiger partial charge in [0.05, 0.1) is 7.11 Å². The Bertz CT molecular complexity index is 278. The van der Waals surface area contributed by atoms with Crippen molar-refractivity contribution in [2.75, 3.05) is 13.7 Å². The predicted octanol–water partition coefficient (Wildman–Crippen LogP) is 1.14. The molecule has 0 rings (SSSR count). The van der Waals surface area contributed by atoms with Crippen LogP contribution in [0, 0.1) is 0 Å². The summed E-state index contributed by atoms with van der Waals surface area (Å²) in [5.74, 6) is -1.27. The molecule has 0 aliphatic rings. The van der Waals surface area contributed by atoms with Gasteiger partial charge in [-0.25, -0.2) is 9.59 Å². The summed E-state index contributed by atoms with van der Waals surface area (Å²) in [6.07, 6.45) is 1.90. The molecule has 0 aliphatic heterocycles. The quantitative estimate of drug-likeness (QED) is 0.558. The van der Waals surface area contributed by atoms with Crippen molar-refractivity contribution in [3.8, 4) is 0 Å². The van der Waals surface area contributed by atoms with E-state index >= 15 is 0 Å². The molecule has 0 amide bonds. The summed E-state index contributed by atoms with van der Waals surface area (Å²) in [4.78, 5) is 20.2. The summed E-state index contributed by atoms with van der Waals surface area (Å²) in [5.41, 5.74) is 0.714. The molecule has 2 N–H and O–H groups in total. The van der Waals surface area contributed by atoms with Gasteiger partial charge in [0, 0.05) is 17.8 Å². The first-order chi connectivity index (χ1) is 7.36. The van der Waals surface area contributed by atoms with Crippen LogP contribution >= 0.6 is 0 Å². The predicted molar refractivity (Wildman–Crippen MR) is 59.9 cm³/mol. The lowest BCUT2D eigenvalue weighted by Gasteiger charge is -1.91. The number of aliphatic hydroxyl groups is 1. The minimum Gasteiger partial charge on any atom is -0.478 e. The molecule has 0 atom stereocenters. The minimum absolute atomic E-state index is 0.00458. The number of methoxy groups -OCH3 is 1. The topological polar surface area (TPSA) is 83.8 Å². The zero-order valence-electron chi connectivity index (χ0n) is 9.82. The summed E-state index contributed by atoms with van der Waals surface area (Å²) in [7, 11) is 1.33. The lowest BCUT2D eigenvalue weighted by Crippen LogP contribution is -1.98. The number of carbonyl (C=O) groups is 2. The fourth-order valence-electron chi connectivity index (χ4n) is 0.543. The molecule has 0 bridgehead atoms. The van der Waals surface area contributed by atoms with Gasteiger partial charge in [0.2, 0.25) is 0 Å². The lowest BCUT2D eigenvalue weighted by atomic mass is 10.2. The Kier molecular flexibility index (Phi) is 10.4. The Morgan fingerprint density at radius 3 is 2.06 bits per heavy atom. The third kappa shape index (κ3) is 10.5. The first-order valence-electron chi connectivity index (χ1n) is 4.61. The smallest absolute Gasteiger partial charge is 0.332 e. The molecule has 0 aromatic carbocycles. The molecule has 0 radical (unpaired) electrons. The van der Waals surface area contributed by atoms with E-state index in [2.05, 4.69) is 11.3 Å². The molecule has 0 saturated carbocycles. The highest BCUT2D eigenvalue weighted by Crippen LogP contribution is 1.93. The van der Waals surface area contributed by atoms with Crippen LogP contribution < -0.4 is 0 Å². The fraction of sp³-hybridized carbons (Fsp3) is 0.455. The Labute approximate surface area is 95.0 Å². The summed E-state index contributed by atoms with van der Waals surface area (Å²) in [5, 5.41) is 16.5. The van der Waals surface area contributed by atoms with Gasteiger partial charge in [0.25, 0.3) is 0 Å². The highest BCUT2D eigenvalue weighted by atomic mass is 16.5. The van der Waals surface area contributed by atoms with Crippen molar-refractivity contribution >= 4 is 11.9 Å². The second-order valence-corrected chi connectivity index (χ2v) is 2.98. The van der Waals surface area contributed by atoms with Crippen molar-refractivity contribution in [1.82, 2.24) is 0 Å². The maximum atomic E-state index is 10.2. The molecule has 0 aromatic heterocycles. The molecule has 0 unspecified atom stereocenters. The van der Waals surface area contributed by atoms with Crippen molar-refractivity contribution in [3.05, 3.63) is 23.8 Å². The second kappa shape index (κ2) is 9.92. The van der Waals surface area contributed by atoms with Gasteiger partial charge in [0.1, 0.15) is 0 Å². The monoisotopic (exact) mass is 230 g/mol. The SMILES string of the molecule is C=C(C)C(=O)OC.CC(=CCCO)C(=O)O. The number of hydrogen-bond acceptors (Lipinski definition) is 4. The maximum Gasteiger partial charge on any atom is 0.332 e. The van der Waals surface area contributed by atoms with Crippen molar-refractivity contribution in [2.45, 2.75) is 20.3 Å². The summed E-state index contributed by atoms with van der Waals surface area (Å²) >= 11 is 0. The number of carboxylic acid groups (broad SMARTS) is 1. The second-order valence-electron chi connectivity index (χ2n) is 2.98. The number of ether oxygens (including phenoxy) is 1. The van der Waals surface area contributed by atoms with Gasteiger partial charge in [-0.15, -0.1) is 0 Å². The number of rotatable bonds is 4. The van der Waals surface area contributed by atoms with Crippen LogP contribution in [0.25, 0.3) is 0 Å². The molecule has 0 aromatic rings. The standard InChI is InChI=1S/C6H10O3.C5H8O2/c1-5(6(8)9)3-2-4-7;1-4(2)5(6)7-3/h3,7H,2,4H2,1H3,(H,8,9);1H2,2-3H3. The van der Waals surface area contributed by atoms with Crippen LogP contribution in [-0.2, 0) is 14.3 Å². The van der Waals surface area contributed by atoms with E-state index in [9.17, 15) is 9.59 Å². The number of hydrogen-bond donors (Lipinski definition) is 2. The summed E-state index contributed by atoms with van der Waals surface area (Å²) in [6, 6.07) is 0. The number of esters is 1. The van der Waals surface area contributed by atoms with Gasteiger partial charge < -0.3 is 14.9 Å². The molecule has 0 fully saturated rings. The van der Waals surface area contributed by atoms with E-state index in [1.807, 2.05) is 0 Å². The van der Waals surface area contributed by atoms with Gasteiger partial charge in [-0.2, -0.15) is 0 Å². The van der Waals surface area contributed by atoms with Crippen molar-refractivity contribution < 1.29 is 24.5 Å². The van der Waals surface area contributed by atoms with E-state index in [0.29, 0.717) is 12.0 Å². The Morgan fingerprint density at radius 1 is 1.38 bits per heavy atom. The zero-order chi connectivity index (χ0) is 13.1. The molecule has 0 saturated heterocycles. The zero-order valence-corrected chi connectivity index (χ0v) is 9.82. The van der Waals surface area contributed by atoms with Crippen molar-refractivity contribution in [2.24, 2.45) is 0 Å². The Balaban J connectivity index is 0. The van der Waals surface area contributed by atoms with Crippen LogP contribution in [-0.4, -0.2) is 35.9 Å². The highest BCUT2D eigenvalue weighted by Gasteiger charge is 1.96. The third-order valence-corrected chi connectivity index (χ3v) is 1.45. The Morgan fingerprint density at radius 2 is 1.88 bits per heavy atom. The average molecular weight is 230 g/mol. The van der Waals surface area contributed by atoms with E-state index in [0.717, 1.165) is 0 Å². The first-order valence-corrected chi connectivity index (χ1v) is 4.61. The largest absolute Gasteiger partial charge is 0.478 e. The number of aliphatic carboxylic acids is 1. The molecule has 5 heteroatoms. The minimum atomic E-state index is -0.927. The average Bonchev–Trinajstić information content (AvgIpc) is 2.25. The van der Waals surface area contributed by atoms with E-state index < -0.39 is 5.97 Å². The van der Waals surface area contributed by atoms with Crippen LogP contribution in [0.4, 0.5) is 0 Å². The highest BCUT2D eigenvalue weighted by molar-refractivity contribution is 5.86. The fourth-order valence-corrected chi connectivity index (χ4v) is 0.543. The van der Waals surface area contributed by atoms with E-state index in [4.69, 9.17) is 10.2 Å². The van der Waals surface area contributed by atoms with Gasteiger partial charge in [0.15, 0.2) is 0 Å². The molecule has 0 heterocycles. The van der Waals surface area contributed by atoms with E-state index in [1.54, 1.807) is 6.92 Å². The lowest BCUT2D eigenvalue weighted by molar-refractivity contribution is -0.136. The molecule has 5 nitrogen and oxygen atoms in total. The van der Waals surface area contributed by atoms with Crippen LogP contribution in [0.15, 0.2) is 23.8 Å². The summed E-state index contributed by atoms with van der Waals surface area (Å²) < 4.78 is 4.27. The van der Waals surface area contributed by atoms with Gasteiger partial charge >= 0.3 is 11.9 Å². The number of aliphatic hydroxyl groups excluding tert-OH is 1. The molecular weight excluding hydrogens is 212 g/mol. The summed E-state index contributed by atoms with van der Waals surface area (Å²) in [6.45, 7) is 6.46. The molecule has 0 spiro atoms. The van der Waals surface area contributed by atoms with Crippen LogP contribution in [0.2, 0.25) is 0 Å². The van der Waals surface area contributed by atoms with Crippen LogP contribution in [0.5, 0.6) is 0 Å². The first kappa shape index (κ1) is 16.8. The molecule has 16 heavy (non-hydrogen) atoms. The van der Waals surface area contributed by atoms with Gasteiger partial charge in [-0.3, -0.25) is 0 Å².